The number of aliphatic imine (C=N–C) groups is 1. The van der Waals surface area contributed by atoms with Gasteiger partial charge < -0.3 is 15.4 Å². The predicted octanol–water partition coefficient (Wildman–Crippen LogP) is 3.05. The van der Waals surface area contributed by atoms with E-state index in [1.807, 2.05) is 12.3 Å². The number of piperidine rings is 1. The third kappa shape index (κ3) is 8.15. The first kappa shape index (κ1) is 22.6. The molecule has 1 aliphatic heterocycles. The lowest BCUT2D eigenvalue weighted by Gasteiger charge is -2.33. The van der Waals surface area contributed by atoms with Crippen LogP contribution in [0.4, 0.5) is 0 Å². The topological polar surface area (TPSA) is 61.8 Å². The van der Waals surface area contributed by atoms with Gasteiger partial charge in [-0.2, -0.15) is 0 Å². The number of likely N-dealkylation sites (tertiary alicyclic amines) is 1. The minimum Gasteiger partial charge on any atom is -0.378 e. The second-order valence-electron chi connectivity index (χ2n) is 7.80. The van der Waals surface area contributed by atoms with Crippen molar-refractivity contribution in [3.8, 4) is 0 Å². The van der Waals surface area contributed by atoms with Gasteiger partial charge in [-0.05, 0) is 51.2 Å². The molecular weight excluding hydrogens is 350 g/mol. The first-order chi connectivity index (χ1) is 13.6. The van der Waals surface area contributed by atoms with Crippen LogP contribution in [0.15, 0.2) is 29.4 Å². The van der Waals surface area contributed by atoms with Gasteiger partial charge in [-0.25, -0.2) is 0 Å². The van der Waals surface area contributed by atoms with Gasteiger partial charge in [0.2, 0.25) is 0 Å². The Morgan fingerprint density at radius 1 is 1.29 bits per heavy atom. The number of nitrogens with one attached hydrogen (secondary N) is 2. The van der Waals surface area contributed by atoms with Gasteiger partial charge in [0.25, 0.3) is 0 Å². The van der Waals surface area contributed by atoms with Crippen LogP contribution in [0.25, 0.3) is 0 Å². The van der Waals surface area contributed by atoms with Crippen LogP contribution in [0.1, 0.15) is 52.7 Å². The fourth-order valence-corrected chi connectivity index (χ4v) is 3.60. The zero-order valence-corrected chi connectivity index (χ0v) is 18.2. The van der Waals surface area contributed by atoms with Crippen LogP contribution in [0, 0.1) is 5.92 Å². The van der Waals surface area contributed by atoms with E-state index in [1.54, 1.807) is 0 Å². The van der Waals surface area contributed by atoms with Crippen molar-refractivity contribution in [3.05, 3.63) is 30.1 Å². The third-order valence-corrected chi connectivity index (χ3v) is 5.19. The van der Waals surface area contributed by atoms with Gasteiger partial charge in [0.1, 0.15) is 0 Å². The van der Waals surface area contributed by atoms with E-state index in [0.717, 1.165) is 70.2 Å². The Bertz CT molecular complexity index is 555. The summed E-state index contributed by atoms with van der Waals surface area (Å²) >= 11 is 0. The van der Waals surface area contributed by atoms with Crippen molar-refractivity contribution in [2.24, 2.45) is 10.9 Å². The lowest BCUT2D eigenvalue weighted by Crippen LogP contribution is -2.48. The van der Waals surface area contributed by atoms with Crippen molar-refractivity contribution in [2.75, 3.05) is 32.8 Å². The molecule has 0 saturated carbocycles. The van der Waals surface area contributed by atoms with Gasteiger partial charge in [-0.1, -0.05) is 19.9 Å². The average Bonchev–Trinajstić information content (AvgIpc) is 2.69. The Morgan fingerprint density at radius 2 is 2.07 bits per heavy atom. The van der Waals surface area contributed by atoms with Crippen molar-refractivity contribution in [1.82, 2.24) is 20.5 Å². The molecule has 0 spiro atoms. The monoisotopic (exact) mass is 389 g/mol. The normalized spacial score (nSPS) is 17.7. The summed E-state index contributed by atoms with van der Waals surface area (Å²) in [6.45, 7) is 14.2. The Kier molecular flexibility index (Phi) is 10.3. The molecule has 0 radical (unpaired) electrons. The number of guanidine groups is 1. The molecule has 1 fully saturated rings. The van der Waals surface area contributed by atoms with Gasteiger partial charge in [0, 0.05) is 51.6 Å². The summed E-state index contributed by atoms with van der Waals surface area (Å²) in [5.74, 6) is 1.46. The molecule has 158 valence electrons. The smallest absolute Gasteiger partial charge is 0.191 e. The number of aromatic nitrogens is 1. The summed E-state index contributed by atoms with van der Waals surface area (Å²) in [6.07, 6.45) is 5.38. The molecule has 28 heavy (non-hydrogen) atoms. The van der Waals surface area contributed by atoms with Crippen molar-refractivity contribution >= 4 is 5.96 Å². The molecule has 0 bridgehead atoms. The lowest BCUT2D eigenvalue weighted by atomic mass is 10.0. The van der Waals surface area contributed by atoms with Crippen molar-refractivity contribution in [3.63, 3.8) is 0 Å². The second-order valence-corrected chi connectivity index (χ2v) is 7.80. The highest BCUT2D eigenvalue weighted by Crippen LogP contribution is 2.13. The maximum absolute atomic E-state index is 5.84. The highest BCUT2D eigenvalue weighted by molar-refractivity contribution is 5.80. The molecule has 1 unspecified atom stereocenters. The Morgan fingerprint density at radius 3 is 2.68 bits per heavy atom. The number of hydrogen-bond donors (Lipinski definition) is 2. The van der Waals surface area contributed by atoms with Gasteiger partial charge >= 0.3 is 0 Å². The molecule has 1 atom stereocenters. The average molecular weight is 390 g/mol. The Hall–Kier alpha value is -1.66. The van der Waals surface area contributed by atoms with E-state index in [-0.39, 0.29) is 6.10 Å². The molecule has 0 aliphatic carbocycles. The van der Waals surface area contributed by atoms with E-state index in [9.17, 15) is 0 Å². The SMILES string of the molecule is CCNC(=NCCC(OCC)C(C)C)NC1CCN(Cc2ccccn2)CC1. The highest BCUT2D eigenvalue weighted by atomic mass is 16.5. The molecule has 1 aromatic rings. The standard InChI is InChI=1S/C22H39N5O/c1-5-23-22(25-14-10-21(18(3)4)28-6-2)26-19-11-15-27(16-12-19)17-20-9-7-8-13-24-20/h7-9,13,18-19,21H,5-6,10-12,14-17H2,1-4H3,(H2,23,25,26). The molecule has 1 aliphatic rings. The van der Waals surface area contributed by atoms with E-state index in [0.29, 0.717) is 12.0 Å². The van der Waals surface area contributed by atoms with Gasteiger partial charge in [-0.3, -0.25) is 14.9 Å². The van der Waals surface area contributed by atoms with Crippen LogP contribution >= 0.6 is 0 Å². The Balaban J connectivity index is 1.77. The molecule has 2 N–H and O–H groups in total. The third-order valence-electron chi connectivity index (χ3n) is 5.19. The van der Waals surface area contributed by atoms with Crippen molar-refractivity contribution < 1.29 is 4.74 Å². The van der Waals surface area contributed by atoms with E-state index >= 15 is 0 Å². The van der Waals surface area contributed by atoms with Crippen LogP contribution in [-0.4, -0.2) is 60.8 Å². The molecule has 0 aromatic carbocycles. The lowest BCUT2D eigenvalue weighted by molar-refractivity contribution is 0.0266. The van der Waals surface area contributed by atoms with Crippen LogP contribution in [0.3, 0.4) is 0 Å². The number of pyridine rings is 1. The molecule has 2 heterocycles. The van der Waals surface area contributed by atoms with E-state index < -0.39 is 0 Å². The van der Waals surface area contributed by atoms with Gasteiger partial charge in [0.15, 0.2) is 5.96 Å². The minimum atomic E-state index is 0.284. The zero-order valence-electron chi connectivity index (χ0n) is 18.2. The van der Waals surface area contributed by atoms with Crippen LogP contribution in [-0.2, 0) is 11.3 Å². The van der Waals surface area contributed by atoms with E-state index in [4.69, 9.17) is 9.73 Å². The summed E-state index contributed by atoms with van der Waals surface area (Å²) in [6, 6.07) is 6.61. The number of ether oxygens (including phenoxy) is 1. The molecule has 6 heteroatoms. The molecule has 6 nitrogen and oxygen atoms in total. The Labute approximate surface area is 171 Å². The van der Waals surface area contributed by atoms with E-state index in [2.05, 4.69) is 60.3 Å². The molecule has 1 aromatic heterocycles. The maximum Gasteiger partial charge on any atom is 0.191 e. The summed E-state index contributed by atoms with van der Waals surface area (Å²) < 4.78 is 5.84. The number of nitrogens with zero attached hydrogens (tertiary/aromatic N) is 3. The first-order valence-corrected chi connectivity index (χ1v) is 10.9. The summed E-state index contributed by atoms with van der Waals surface area (Å²) in [7, 11) is 0. The molecular formula is C22H39N5O. The first-order valence-electron chi connectivity index (χ1n) is 10.9. The quantitative estimate of drug-likeness (QED) is 0.476. The van der Waals surface area contributed by atoms with Crippen LogP contribution in [0.5, 0.6) is 0 Å². The predicted molar refractivity (Wildman–Crippen MR) is 117 cm³/mol. The zero-order chi connectivity index (χ0) is 20.2. The van der Waals surface area contributed by atoms with Crippen LogP contribution < -0.4 is 10.6 Å². The van der Waals surface area contributed by atoms with Gasteiger partial charge in [0.05, 0.1) is 11.8 Å². The van der Waals surface area contributed by atoms with E-state index in [1.165, 1.54) is 0 Å². The second kappa shape index (κ2) is 12.7. The fraction of sp³-hybridized carbons (Fsp3) is 0.727. The van der Waals surface area contributed by atoms with Crippen molar-refractivity contribution in [1.29, 1.82) is 0 Å². The highest BCUT2D eigenvalue weighted by Gasteiger charge is 2.20. The summed E-state index contributed by atoms with van der Waals surface area (Å²) in [5.41, 5.74) is 1.15. The maximum atomic E-state index is 5.84. The molecule has 2 rings (SSSR count). The van der Waals surface area contributed by atoms with Crippen LogP contribution in [0.2, 0.25) is 0 Å². The summed E-state index contributed by atoms with van der Waals surface area (Å²) in [5, 5.41) is 7.02. The molecule has 0 amide bonds. The summed E-state index contributed by atoms with van der Waals surface area (Å²) in [4.78, 5) is 11.7. The van der Waals surface area contributed by atoms with Gasteiger partial charge in [-0.15, -0.1) is 0 Å². The number of rotatable bonds is 10. The minimum absolute atomic E-state index is 0.284. The van der Waals surface area contributed by atoms with Crippen molar-refractivity contribution in [2.45, 2.75) is 65.6 Å². The fourth-order valence-electron chi connectivity index (χ4n) is 3.60. The largest absolute Gasteiger partial charge is 0.378 e. The molecule has 1 saturated heterocycles. The number of hydrogen-bond acceptors (Lipinski definition) is 4.